The number of nitrogens with zero attached hydrogens (tertiary/aromatic N) is 2. The van der Waals surface area contributed by atoms with Crippen LogP contribution in [0.5, 0.6) is 0 Å². The number of nitrogens with one attached hydrogen (secondary N) is 3. The largest absolute Gasteiger partial charge is 0.376 e. The molecule has 1 aliphatic rings. The van der Waals surface area contributed by atoms with E-state index in [0.29, 0.717) is 12.8 Å². The van der Waals surface area contributed by atoms with Crippen LogP contribution in [0.15, 0.2) is 54.7 Å². The van der Waals surface area contributed by atoms with Gasteiger partial charge in [0.1, 0.15) is 5.69 Å². The first-order chi connectivity index (χ1) is 15.9. The Kier molecular flexibility index (Phi) is 6.21. The molecule has 2 aromatic carbocycles. The maximum absolute atomic E-state index is 13.1. The van der Waals surface area contributed by atoms with Crippen LogP contribution >= 0.6 is 0 Å². The van der Waals surface area contributed by atoms with Crippen LogP contribution in [-0.2, 0) is 4.79 Å². The number of pyridine rings is 1. The van der Waals surface area contributed by atoms with E-state index >= 15 is 0 Å². The predicted molar refractivity (Wildman–Crippen MR) is 125 cm³/mol. The van der Waals surface area contributed by atoms with Gasteiger partial charge in [-0.15, -0.1) is 0 Å². The Balaban J connectivity index is 1.54. The van der Waals surface area contributed by atoms with Crippen LogP contribution in [0, 0.1) is 16.0 Å². The van der Waals surface area contributed by atoms with Crippen LogP contribution in [-0.4, -0.2) is 34.8 Å². The second kappa shape index (κ2) is 9.23. The van der Waals surface area contributed by atoms with Crippen molar-refractivity contribution in [3.05, 3.63) is 76.0 Å². The van der Waals surface area contributed by atoms with Gasteiger partial charge < -0.3 is 16.0 Å². The number of carbonyl (C=O) groups is 2. The van der Waals surface area contributed by atoms with Gasteiger partial charge in [-0.05, 0) is 49.6 Å². The lowest BCUT2D eigenvalue weighted by Crippen LogP contribution is -2.43. The highest BCUT2D eigenvalue weighted by Crippen LogP contribution is 2.35. The number of nitro benzene ring substituents is 1. The van der Waals surface area contributed by atoms with Gasteiger partial charge in [-0.1, -0.05) is 18.2 Å². The number of aromatic nitrogens is 1. The third-order valence-corrected chi connectivity index (χ3v) is 6.06. The van der Waals surface area contributed by atoms with Crippen molar-refractivity contribution in [2.75, 3.05) is 12.4 Å². The number of nitro groups is 1. The third-order valence-electron chi connectivity index (χ3n) is 6.06. The second-order valence-corrected chi connectivity index (χ2v) is 8.23. The molecule has 0 saturated heterocycles. The number of benzene rings is 2. The minimum Gasteiger partial charge on any atom is -0.376 e. The first-order valence-electron chi connectivity index (χ1n) is 10.8. The molecule has 0 aliphatic heterocycles. The van der Waals surface area contributed by atoms with Crippen LogP contribution in [0.3, 0.4) is 0 Å². The molecule has 1 aromatic heterocycles. The van der Waals surface area contributed by atoms with Gasteiger partial charge in [0.15, 0.2) is 0 Å². The Labute approximate surface area is 190 Å². The van der Waals surface area contributed by atoms with Gasteiger partial charge in [0.25, 0.3) is 11.6 Å². The summed E-state index contributed by atoms with van der Waals surface area (Å²) in [6.45, 7) is 1.86. The molecule has 1 atom stereocenters. The molecule has 9 nitrogen and oxygen atoms in total. The topological polar surface area (TPSA) is 126 Å². The fourth-order valence-corrected chi connectivity index (χ4v) is 4.11. The van der Waals surface area contributed by atoms with Gasteiger partial charge >= 0.3 is 0 Å². The molecule has 33 heavy (non-hydrogen) atoms. The normalized spacial score (nSPS) is 18.1. The lowest BCUT2D eigenvalue weighted by Gasteiger charge is -2.35. The van der Waals surface area contributed by atoms with E-state index in [1.807, 2.05) is 37.3 Å². The van der Waals surface area contributed by atoms with Crippen LogP contribution in [0.1, 0.15) is 41.7 Å². The van der Waals surface area contributed by atoms with Crippen molar-refractivity contribution in [3.63, 3.8) is 0 Å². The van der Waals surface area contributed by atoms with E-state index < -0.39 is 10.8 Å². The zero-order valence-corrected chi connectivity index (χ0v) is 18.4. The smallest absolute Gasteiger partial charge is 0.293 e. The van der Waals surface area contributed by atoms with Crippen LogP contribution < -0.4 is 16.0 Å². The summed E-state index contributed by atoms with van der Waals surface area (Å²) in [5.74, 6) is -0.592. The number of para-hydroxylation sites is 1. The first kappa shape index (κ1) is 22.2. The van der Waals surface area contributed by atoms with Gasteiger partial charge in [-0.2, -0.15) is 0 Å². The molecular weight excluding hydrogens is 422 g/mol. The monoisotopic (exact) mass is 447 g/mol. The number of hydrogen-bond acceptors (Lipinski definition) is 6. The average Bonchev–Trinajstić information content (AvgIpc) is 2.79. The van der Waals surface area contributed by atoms with E-state index in [2.05, 4.69) is 20.9 Å². The molecule has 1 saturated carbocycles. The quantitative estimate of drug-likeness (QED) is 0.375. The second-order valence-electron chi connectivity index (χ2n) is 8.23. The molecule has 0 radical (unpaired) electrons. The number of carbonyl (C=O) groups excluding carboxylic acids is 2. The lowest BCUT2D eigenvalue weighted by atomic mass is 9.79. The number of fused-ring (bicyclic) bond motifs is 1. The summed E-state index contributed by atoms with van der Waals surface area (Å²) < 4.78 is 0. The molecule has 1 heterocycles. The number of rotatable bonds is 7. The van der Waals surface area contributed by atoms with Crippen molar-refractivity contribution in [2.45, 2.75) is 31.8 Å². The maximum Gasteiger partial charge on any atom is 0.293 e. The van der Waals surface area contributed by atoms with Gasteiger partial charge in [0.2, 0.25) is 5.91 Å². The minimum atomic E-state index is -0.506. The Bertz CT molecular complexity index is 1220. The Morgan fingerprint density at radius 3 is 2.67 bits per heavy atom. The molecule has 0 unspecified atom stereocenters. The SMILES string of the molecule is CNC(=O)C1CC(Nc2c(C(=O)N[C@@H](C)c3ccc4ncccc4c3)cccc2[N+](=O)[O-])C1. The molecule has 2 amide bonds. The van der Waals surface area contributed by atoms with Crippen molar-refractivity contribution in [1.29, 1.82) is 0 Å². The van der Waals surface area contributed by atoms with Gasteiger partial charge in [0.05, 0.1) is 22.0 Å². The van der Waals surface area contributed by atoms with Crippen molar-refractivity contribution < 1.29 is 14.5 Å². The molecular formula is C24H25N5O4. The molecule has 3 N–H and O–H groups in total. The van der Waals surface area contributed by atoms with E-state index in [4.69, 9.17) is 0 Å². The van der Waals surface area contributed by atoms with E-state index in [0.717, 1.165) is 16.5 Å². The highest BCUT2D eigenvalue weighted by Gasteiger charge is 2.36. The molecule has 3 aromatic rings. The number of hydrogen-bond donors (Lipinski definition) is 3. The van der Waals surface area contributed by atoms with E-state index in [9.17, 15) is 19.7 Å². The maximum atomic E-state index is 13.1. The number of anilines is 1. The summed E-state index contributed by atoms with van der Waals surface area (Å²) in [4.78, 5) is 40.3. The molecule has 0 spiro atoms. The summed E-state index contributed by atoms with van der Waals surface area (Å²) in [5, 5.41) is 21.3. The van der Waals surface area contributed by atoms with Gasteiger partial charge in [-0.25, -0.2) is 0 Å². The summed E-state index contributed by atoms with van der Waals surface area (Å²) >= 11 is 0. The zero-order valence-electron chi connectivity index (χ0n) is 18.4. The van der Waals surface area contributed by atoms with Crippen molar-refractivity contribution in [1.82, 2.24) is 15.6 Å². The van der Waals surface area contributed by atoms with Gasteiger partial charge in [-0.3, -0.25) is 24.7 Å². The summed E-state index contributed by atoms with van der Waals surface area (Å²) in [7, 11) is 1.58. The summed E-state index contributed by atoms with van der Waals surface area (Å²) in [5.41, 5.74) is 1.96. The Hall–Kier alpha value is -4.01. The Morgan fingerprint density at radius 2 is 1.94 bits per heavy atom. The lowest BCUT2D eigenvalue weighted by molar-refractivity contribution is -0.384. The standard InChI is InChI=1S/C24H25N5O4/c1-14(15-8-9-20-16(11-15)5-4-10-26-20)27-24(31)19-6-3-7-21(29(32)33)22(19)28-18-12-17(13-18)23(30)25-2/h3-11,14,17-18,28H,12-13H2,1-2H3,(H,25,30)(H,27,31)/t14-,17?,18?/m0/s1. The summed E-state index contributed by atoms with van der Waals surface area (Å²) in [6.07, 6.45) is 2.83. The van der Waals surface area contributed by atoms with Crippen LogP contribution in [0.25, 0.3) is 10.9 Å². The molecule has 1 fully saturated rings. The predicted octanol–water partition coefficient (Wildman–Crippen LogP) is 3.57. The van der Waals surface area contributed by atoms with Crippen LogP contribution in [0.4, 0.5) is 11.4 Å². The van der Waals surface area contributed by atoms with Crippen molar-refractivity contribution in [3.8, 4) is 0 Å². The third kappa shape index (κ3) is 4.62. The van der Waals surface area contributed by atoms with E-state index in [1.165, 1.54) is 12.1 Å². The number of amides is 2. The molecule has 9 heteroatoms. The van der Waals surface area contributed by atoms with Crippen molar-refractivity contribution >= 4 is 34.1 Å². The molecule has 1 aliphatic carbocycles. The van der Waals surface area contributed by atoms with Gasteiger partial charge in [0, 0.05) is 36.7 Å². The highest BCUT2D eigenvalue weighted by atomic mass is 16.6. The first-order valence-corrected chi connectivity index (χ1v) is 10.8. The fraction of sp³-hybridized carbons (Fsp3) is 0.292. The van der Waals surface area contributed by atoms with E-state index in [1.54, 1.807) is 19.3 Å². The van der Waals surface area contributed by atoms with Crippen LogP contribution in [0.2, 0.25) is 0 Å². The fourth-order valence-electron chi connectivity index (χ4n) is 4.11. The molecule has 4 rings (SSSR count). The highest BCUT2D eigenvalue weighted by molar-refractivity contribution is 6.02. The van der Waals surface area contributed by atoms with E-state index in [-0.39, 0.29) is 40.8 Å². The van der Waals surface area contributed by atoms with Crippen molar-refractivity contribution in [2.24, 2.45) is 5.92 Å². The average molecular weight is 447 g/mol. The molecule has 170 valence electrons. The zero-order chi connectivity index (χ0) is 23.5. The summed E-state index contributed by atoms with van der Waals surface area (Å²) in [6, 6.07) is 13.6. The minimum absolute atomic E-state index is 0.0482. The molecule has 0 bridgehead atoms. The Morgan fingerprint density at radius 1 is 1.15 bits per heavy atom.